The van der Waals surface area contributed by atoms with E-state index in [1.54, 1.807) is 0 Å². The van der Waals surface area contributed by atoms with E-state index in [9.17, 15) is 4.39 Å². The van der Waals surface area contributed by atoms with Gasteiger partial charge in [-0.15, -0.1) is 0 Å². The highest BCUT2D eigenvalue weighted by molar-refractivity contribution is 7.99. The summed E-state index contributed by atoms with van der Waals surface area (Å²) in [5.74, 6) is 0.922. The number of imidazole rings is 1. The van der Waals surface area contributed by atoms with Crippen LogP contribution in [0, 0.1) is 5.82 Å². The van der Waals surface area contributed by atoms with Crippen molar-refractivity contribution in [3.05, 3.63) is 66.6 Å². The number of aromatic nitrogens is 2. The third-order valence-electron chi connectivity index (χ3n) is 3.88. The van der Waals surface area contributed by atoms with Gasteiger partial charge in [-0.1, -0.05) is 30.3 Å². The molecule has 4 rings (SSSR count). The van der Waals surface area contributed by atoms with Crippen molar-refractivity contribution in [2.75, 3.05) is 5.75 Å². The van der Waals surface area contributed by atoms with Crippen LogP contribution in [0.3, 0.4) is 0 Å². The molecule has 0 aliphatic carbocycles. The van der Waals surface area contributed by atoms with Gasteiger partial charge in [0.15, 0.2) is 5.69 Å². The molecule has 2 heterocycles. The van der Waals surface area contributed by atoms with Crippen molar-refractivity contribution in [2.24, 2.45) is 0 Å². The number of hydrogen-bond donors (Lipinski definition) is 0. The van der Waals surface area contributed by atoms with Gasteiger partial charge in [-0.2, -0.15) is 4.57 Å². The molecule has 0 unspecified atom stereocenters. The lowest BCUT2D eigenvalue weighted by Gasteiger charge is -2.09. The largest absolute Gasteiger partial charge is 0.323 e. The van der Waals surface area contributed by atoms with Crippen molar-refractivity contribution in [3.8, 4) is 16.9 Å². The van der Waals surface area contributed by atoms with Crippen LogP contribution in [0.1, 0.15) is 6.42 Å². The summed E-state index contributed by atoms with van der Waals surface area (Å²) in [6.07, 6.45) is 3.39. The van der Waals surface area contributed by atoms with Crippen LogP contribution in [-0.4, -0.2) is 10.3 Å². The monoisotopic (exact) mass is 311 g/mol. The quantitative estimate of drug-likeness (QED) is 0.648. The molecule has 110 valence electrons. The molecular formula is C18H16FN2S+. The second kappa shape index (κ2) is 5.61. The lowest BCUT2D eigenvalue weighted by Crippen LogP contribution is -2.37. The summed E-state index contributed by atoms with van der Waals surface area (Å²) in [5.41, 5.74) is 3.33. The lowest BCUT2D eigenvalue weighted by molar-refractivity contribution is -0.734. The van der Waals surface area contributed by atoms with Crippen LogP contribution in [0.25, 0.3) is 16.9 Å². The Labute approximate surface area is 133 Å². The van der Waals surface area contributed by atoms with Crippen LogP contribution in [0.4, 0.5) is 4.39 Å². The zero-order chi connectivity index (χ0) is 14.9. The Bertz CT molecular complexity index is 794. The van der Waals surface area contributed by atoms with Crippen molar-refractivity contribution < 1.29 is 8.96 Å². The molecule has 3 aromatic rings. The normalized spacial score (nSPS) is 13.9. The predicted octanol–water partition coefficient (Wildman–Crippen LogP) is 4.07. The summed E-state index contributed by atoms with van der Waals surface area (Å²) in [6, 6.07) is 17.1. The Balaban J connectivity index is 1.94. The fourth-order valence-electron chi connectivity index (χ4n) is 2.85. The topological polar surface area (TPSA) is 8.81 Å². The minimum atomic E-state index is -0.202. The Morgan fingerprint density at radius 1 is 1.00 bits per heavy atom. The molecule has 0 saturated heterocycles. The molecule has 2 nitrogen and oxygen atoms in total. The summed E-state index contributed by atoms with van der Waals surface area (Å²) in [5, 5.41) is 1.22. The highest BCUT2D eigenvalue weighted by Crippen LogP contribution is 2.30. The van der Waals surface area contributed by atoms with Crippen LogP contribution in [0.5, 0.6) is 0 Å². The molecule has 0 N–H and O–H groups in total. The number of aryl methyl sites for hydroxylation is 1. The SMILES string of the molecule is Fc1ccc(-n2c(-c3ccccc3)c[n+]3c2SCCC3)cc1. The number of rotatable bonds is 2. The van der Waals surface area contributed by atoms with Gasteiger partial charge in [0.2, 0.25) is 0 Å². The summed E-state index contributed by atoms with van der Waals surface area (Å²) in [7, 11) is 0. The van der Waals surface area contributed by atoms with Crippen LogP contribution >= 0.6 is 11.8 Å². The molecule has 1 aliphatic rings. The van der Waals surface area contributed by atoms with Crippen molar-refractivity contribution in [3.63, 3.8) is 0 Å². The van der Waals surface area contributed by atoms with E-state index in [0.717, 1.165) is 23.7 Å². The lowest BCUT2D eigenvalue weighted by atomic mass is 10.1. The highest BCUT2D eigenvalue weighted by Gasteiger charge is 2.28. The second-order valence-corrected chi connectivity index (χ2v) is 6.43. The van der Waals surface area contributed by atoms with Crippen LogP contribution < -0.4 is 4.57 Å². The molecule has 22 heavy (non-hydrogen) atoms. The molecule has 0 spiro atoms. The summed E-state index contributed by atoms with van der Waals surface area (Å²) < 4.78 is 17.8. The first-order chi connectivity index (χ1) is 10.8. The van der Waals surface area contributed by atoms with E-state index >= 15 is 0 Å². The van der Waals surface area contributed by atoms with Crippen LogP contribution in [0.15, 0.2) is 66.0 Å². The fourth-order valence-corrected chi connectivity index (χ4v) is 3.95. The highest BCUT2D eigenvalue weighted by atomic mass is 32.2. The Kier molecular flexibility index (Phi) is 3.47. The molecule has 0 radical (unpaired) electrons. The van der Waals surface area contributed by atoms with Crippen molar-refractivity contribution in [1.82, 2.24) is 4.57 Å². The van der Waals surface area contributed by atoms with Gasteiger partial charge in [-0.3, -0.25) is 0 Å². The molecule has 0 fully saturated rings. The van der Waals surface area contributed by atoms with Crippen LogP contribution in [-0.2, 0) is 6.54 Å². The maximum absolute atomic E-state index is 13.3. The van der Waals surface area contributed by atoms with Gasteiger partial charge in [0, 0.05) is 11.3 Å². The fraction of sp³-hybridized carbons (Fsp3) is 0.167. The average Bonchev–Trinajstić information content (AvgIpc) is 2.96. The second-order valence-electron chi connectivity index (χ2n) is 5.37. The number of benzene rings is 2. The number of fused-ring (bicyclic) bond motifs is 1. The summed E-state index contributed by atoms with van der Waals surface area (Å²) >= 11 is 1.86. The Morgan fingerprint density at radius 2 is 1.77 bits per heavy atom. The smallest absolute Gasteiger partial charge is 0.224 e. The van der Waals surface area contributed by atoms with Gasteiger partial charge in [0.25, 0.3) is 0 Å². The van der Waals surface area contributed by atoms with E-state index in [1.165, 1.54) is 29.3 Å². The van der Waals surface area contributed by atoms with Crippen molar-refractivity contribution in [1.29, 1.82) is 0 Å². The first-order valence-corrected chi connectivity index (χ1v) is 8.41. The molecule has 1 aromatic heterocycles. The molecular weight excluding hydrogens is 295 g/mol. The van der Waals surface area contributed by atoms with E-state index in [4.69, 9.17) is 0 Å². The van der Waals surface area contributed by atoms with E-state index in [2.05, 4.69) is 27.5 Å². The van der Waals surface area contributed by atoms with Crippen LogP contribution in [0.2, 0.25) is 0 Å². The third-order valence-corrected chi connectivity index (χ3v) is 5.05. The number of thioether (sulfide) groups is 1. The summed E-state index contributed by atoms with van der Waals surface area (Å²) in [6.45, 7) is 1.04. The number of hydrogen-bond acceptors (Lipinski definition) is 1. The van der Waals surface area contributed by atoms with Crippen molar-refractivity contribution in [2.45, 2.75) is 18.1 Å². The van der Waals surface area contributed by atoms with E-state index in [1.807, 2.05) is 42.1 Å². The maximum atomic E-state index is 13.3. The first kappa shape index (κ1) is 13.6. The zero-order valence-corrected chi connectivity index (χ0v) is 12.9. The van der Waals surface area contributed by atoms with Gasteiger partial charge in [-0.25, -0.2) is 8.96 Å². The molecule has 0 bridgehead atoms. The Morgan fingerprint density at radius 3 is 2.55 bits per heavy atom. The van der Waals surface area contributed by atoms with Gasteiger partial charge in [0.1, 0.15) is 17.7 Å². The summed E-state index contributed by atoms with van der Waals surface area (Å²) in [4.78, 5) is 0. The molecule has 1 aliphatic heterocycles. The minimum absolute atomic E-state index is 0.202. The minimum Gasteiger partial charge on any atom is -0.224 e. The van der Waals surface area contributed by atoms with E-state index in [-0.39, 0.29) is 5.82 Å². The van der Waals surface area contributed by atoms with Gasteiger partial charge in [0.05, 0.1) is 6.54 Å². The molecule has 0 atom stereocenters. The predicted molar refractivity (Wildman–Crippen MR) is 86.7 cm³/mol. The molecule has 4 heteroatoms. The average molecular weight is 311 g/mol. The zero-order valence-electron chi connectivity index (χ0n) is 12.1. The van der Waals surface area contributed by atoms with E-state index in [0.29, 0.717) is 0 Å². The Hall–Kier alpha value is -2.07. The van der Waals surface area contributed by atoms with Gasteiger partial charge < -0.3 is 0 Å². The maximum Gasteiger partial charge on any atom is 0.323 e. The molecule has 0 saturated carbocycles. The van der Waals surface area contributed by atoms with Crippen molar-refractivity contribution >= 4 is 11.8 Å². The number of nitrogens with zero attached hydrogens (tertiary/aromatic N) is 2. The number of halogens is 1. The molecule has 2 aromatic carbocycles. The van der Waals surface area contributed by atoms with Gasteiger partial charge in [-0.05, 0) is 42.4 Å². The van der Waals surface area contributed by atoms with Gasteiger partial charge >= 0.3 is 5.16 Å². The van der Waals surface area contributed by atoms with E-state index < -0.39 is 0 Å². The first-order valence-electron chi connectivity index (χ1n) is 7.42. The molecule has 0 amide bonds. The third kappa shape index (κ3) is 2.33. The standard InChI is InChI=1S/C18H16FN2S/c19-15-7-9-16(10-8-15)21-17(14-5-2-1-3-6-14)13-20-11-4-12-22-18(20)21/h1-3,5-10,13H,4,11-12H2/q+1.